The zero-order chi connectivity index (χ0) is 18.8. The fourth-order valence-electron chi connectivity index (χ4n) is 2.96. The summed E-state index contributed by atoms with van der Waals surface area (Å²) in [7, 11) is 0. The Kier molecular flexibility index (Phi) is 5.43. The molecular formula is C20H18Cl2N2O2S. The van der Waals surface area contributed by atoms with E-state index in [2.05, 4.69) is 22.9 Å². The van der Waals surface area contributed by atoms with Crippen molar-refractivity contribution in [2.24, 2.45) is 4.99 Å². The van der Waals surface area contributed by atoms with Gasteiger partial charge in [-0.25, -0.2) is 4.99 Å². The summed E-state index contributed by atoms with van der Waals surface area (Å²) in [6.45, 7) is 4.19. The summed E-state index contributed by atoms with van der Waals surface area (Å²) in [5.74, 6) is 1.58. The standard InChI is InChI=1S/C20H18Cl2N2O2S/c1-2-7-24-17(13-3-6-18-19(10-13)26-9-8-25-18)12-27-20(24)23-14-4-5-15(21)16(22)11-14/h3-6,10-12H,2,7-9H2,1H3. The number of benzene rings is 2. The monoisotopic (exact) mass is 420 g/mol. The maximum atomic E-state index is 6.13. The van der Waals surface area contributed by atoms with Gasteiger partial charge in [0.05, 0.1) is 21.4 Å². The van der Waals surface area contributed by atoms with Crippen LogP contribution in [0.3, 0.4) is 0 Å². The molecule has 0 fully saturated rings. The van der Waals surface area contributed by atoms with E-state index in [1.165, 1.54) is 0 Å². The van der Waals surface area contributed by atoms with Crippen molar-refractivity contribution in [2.45, 2.75) is 19.9 Å². The Balaban J connectivity index is 1.78. The number of hydrogen-bond donors (Lipinski definition) is 0. The number of ether oxygens (including phenoxy) is 2. The van der Waals surface area contributed by atoms with Gasteiger partial charge in [0.15, 0.2) is 16.3 Å². The molecule has 7 heteroatoms. The van der Waals surface area contributed by atoms with Gasteiger partial charge in [-0.15, -0.1) is 11.3 Å². The summed E-state index contributed by atoms with van der Waals surface area (Å²) in [5, 5.41) is 3.15. The molecule has 140 valence electrons. The Morgan fingerprint density at radius 3 is 2.63 bits per heavy atom. The summed E-state index contributed by atoms with van der Waals surface area (Å²) in [4.78, 5) is 5.69. The fourth-order valence-corrected chi connectivity index (χ4v) is 4.20. The highest BCUT2D eigenvalue weighted by molar-refractivity contribution is 7.07. The van der Waals surface area contributed by atoms with E-state index in [4.69, 9.17) is 37.7 Å². The predicted molar refractivity (Wildman–Crippen MR) is 111 cm³/mol. The number of hydrogen-bond acceptors (Lipinski definition) is 4. The minimum atomic E-state index is 0.503. The zero-order valence-corrected chi connectivity index (χ0v) is 17.1. The molecular weight excluding hydrogens is 403 g/mol. The van der Waals surface area contributed by atoms with Crippen LogP contribution in [0.2, 0.25) is 10.0 Å². The van der Waals surface area contributed by atoms with Gasteiger partial charge < -0.3 is 14.0 Å². The summed E-state index contributed by atoms with van der Waals surface area (Å²) >= 11 is 13.7. The van der Waals surface area contributed by atoms with Crippen molar-refractivity contribution in [1.29, 1.82) is 0 Å². The maximum Gasteiger partial charge on any atom is 0.190 e. The first kappa shape index (κ1) is 18.4. The molecule has 0 aliphatic carbocycles. The van der Waals surface area contributed by atoms with E-state index in [1.54, 1.807) is 23.5 Å². The van der Waals surface area contributed by atoms with Crippen molar-refractivity contribution < 1.29 is 9.47 Å². The molecule has 1 aromatic heterocycles. The van der Waals surface area contributed by atoms with Gasteiger partial charge in [-0.05, 0) is 42.8 Å². The van der Waals surface area contributed by atoms with Gasteiger partial charge in [-0.3, -0.25) is 0 Å². The van der Waals surface area contributed by atoms with Gasteiger partial charge in [0.1, 0.15) is 13.2 Å². The van der Waals surface area contributed by atoms with Crippen LogP contribution >= 0.6 is 34.5 Å². The molecule has 0 bridgehead atoms. The van der Waals surface area contributed by atoms with Crippen LogP contribution < -0.4 is 14.3 Å². The van der Waals surface area contributed by atoms with Crippen molar-refractivity contribution >= 4 is 40.2 Å². The molecule has 0 spiro atoms. The molecule has 0 unspecified atom stereocenters. The molecule has 0 saturated heterocycles. The number of rotatable bonds is 4. The topological polar surface area (TPSA) is 35.8 Å². The lowest BCUT2D eigenvalue weighted by molar-refractivity contribution is 0.171. The van der Waals surface area contributed by atoms with E-state index in [1.807, 2.05) is 18.2 Å². The highest BCUT2D eigenvalue weighted by atomic mass is 35.5. The van der Waals surface area contributed by atoms with Crippen molar-refractivity contribution in [3.63, 3.8) is 0 Å². The van der Waals surface area contributed by atoms with E-state index in [9.17, 15) is 0 Å². The van der Waals surface area contributed by atoms with Crippen molar-refractivity contribution in [2.75, 3.05) is 13.2 Å². The third-order valence-electron chi connectivity index (χ3n) is 4.21. The molecule has 1 aliphatic rings. The second-order valence-electron chi connectivity index (χ2n) is 6.12. The number of halogens is 2. The van der Waals surface area contributed by atoms with Gasteiger partial charge in [0.25, 0.3) is 0 Å². The third-order valence-corrected chi connectivity index (χ3v) is 5.81. The molecule has 4 nitrogen and oxygen atoms in total. The molecule has 0 N–H and O–H groups in total. The first-order valence-electron chi connectivity index (χ1n) is 8.74. The molecule has 0 saturated carbocycles. The molecule has 2 aromatic carbocycles. The lowest BCUT2D eigenvalue weighted by atomic mass is 10.1. The lowest BCUT2D eigenvalue weighted by Gasteiger charge is -2.19. The van der Waals surface area contributed by atoms with Crippen LogP contribution in [-0.2, 0) is 6.54 Å². The van der Waals surface area contributed by atoms with E-state index in [0.717, 1.165) is 46.2 Å². The van der Waals surface area contributed by atoms with E-state index in [-0.39, 0.29) is 0 Å². The van der Waals surface area contributed by atoms with Crippen LogP contribution in [0, 0.1) is 0 Å². The predicted octanol–water partition coefficient (Wildman–Crippen LogP) is 5.94. The van der Waals surface area contributed by atoms with Crippen LogP contribution in [0.5, 0.6) is 11.5 Å². The lowest BCUT2D eigenvalue weighted by Crippen LogP contribution is -2.16. The molecule has 3 aromatic rings. The second kappa shape index (κ2) is 7.97. The highest BCUT2D eigenvalue weighted by Crippen LogP contribution is 2.35. The first-order valence-corrected chi connectivity index (χ1v) is 10.4. The van der Waals surface area contributed by atoms with E-state index < -0.39 is 0 Å². The molecule has 0 radical (unpaired) electrons. The van der Waals surface area contributed by atoms with Gasteiger partial charge >= 0.3 is 0 Å². The van der Waals surface area contributed by atoms with Crippen LogP contribution in [0.25, 0.3) is 11.3 Å². The van der Waals surface area contributed by atoms with Crippen LogP contribution in [0.1, 0.15) is 13.3 Å². The van der Waals surface area contributed by atoms with Gasteiger partial charge in [0, 0.05) is 17.5 Å². The van der Waals surface area contributed by atoms with Gasteiger partial charge in [-0.1, -0.05) is 30.1 Å². The summed E-state index contributed by atoms with van der Waals surface area (Å²) in [5.41, 5.74) is 2.97. The Hall–Kier alpha value is -1.95. The molecule has 0 atom stereocenters. The number of fused-ring (bicyclic) bond motifs is 1. The van der Waals surface area contributed by atoms with Crippen LogP contribution in [-0.4, -0.2) is 17.8 Å². The summed E-state index contributed by atoms with van der Waals surface area (Å²) in [6.07, 6.45) is 1.00. The largest absolute Gasteiger partial charge is 0.486 e. The Morgan fingerprint density at radius 1 is 1.04 bits per heavy atom. The number of thiazole rings is 1. The zero-order valence-electron chi connectivity index (χ0n) is 14.7. The number of nitrogens with zero attached hydrogens (tertiary/aromatic N) is 2. The molecule has 27 heavy (non-hydrogen) atoms. The Morgan fingerprint density at radius 2 is 1.85 bits per heavy atom. The summed E-state index contributed by atoms with van der Waals surface area (Å²) in [6, 6.07) is 11.5. The van der Waals surface area contributed by atoms with Crippen LogP contribution in [0.15, 0.2) is 46.8 Å². The molecule has 2 heterocycles. The highest BCUT2D eigenvalue weighted by Gasteiger charge is 2.15. The van der Waals surface area contributed by atoms with Crippen molar-refractivity contribution in [1.82, 2.24) is 4.57 Å². The van der Waals surface area contributed by atoms with Crippen LogP contribution in [0.4, 0.5) is 5.69 Å². The Bertz CT molecular complexity index is 1040. The summed E-state index contributed by atoms with van der Waals surface area (Å²) < 4.78 is 13.6. The molecule has 4 rings (SSSR count). The molecule has 1 aliphatic heterocycles. The SMILES string of the molecule is CCCn1c(-c2ccc3c(c2)OCCO3)csc1=Nc1ccc(Cl)c(Cl)c1. The van der Waals surface area contributed by atoms with Crippen molar-refractivity contribution in [3.05, 3.63) is 56.6 Å². The minimum absolute atomic E-state index is 0.503. The Labute approximate surface area is 171 Å². The quantitative estimate of drug-likeness (QED) is 0.523. The normalized spacial score (nSPS) is 13.8. The minimum Gasteiger partial charge on any atom is -0.486 e. The molecule has 0 amide bonds. The number of aromatic nitrogens is 1. The van der Waals surface area contributed by atoms with E-state index >= 15 is 0 Å². The average molecular weight is 421 g/mol. The average Bonchev–Trinajstić information content (AvgIpc) is 3.07. The van der Waals surface area contributed by atoms with Crippen molar-refractivity contribution in [3.8, 4) is 22.8 Å². The first-order chi connectivity index (χ1) is 13.2. The van der Waals surface area contributed by atoms with Gasteiger partial charge in [0.2, 0.25) is 0 Å². The smallest absolute Gasteiger partial charge is 0.190 e. The fraction of sp³-hybridized carbons (Fsp3) is 0.250. The van der Waals surface area contributed by atoms with Gasteiger partial charge in [-0.2, -0.15) is 0 Å². The van der Waals surface area contributed by atoms with E-state index in [0.29, 0.717) is 23.3 Å². The maximum absolute atomic E-state index is 6.13. The second-order valence-corrected chi connectivity index (χ2v) is 7.77. The third kappa shape index (κ3) is 3.86.